The molecule has 1 aliphatic rings. The van der Waals surface area contributed by atoms with E-state index in [0.717, 1.165) is 22.3 Å². The van der Waals surface area contributed by atoms with Gasteiger partial charge in [-0.15, -0.1) is 0 Å². The van der Waals surface area contributed by atoms with Crippen molar-refractivity contribution in [2.24, 2.45) is 5.92 Å². The molecule has 2 heterocycles. The third-order valence-electron chi connectivity index (χ3n) is 4.91. The number of hydrogen-bond acceptors (Lipinski definition) is 6. The van der Waals surface area contributed by atoms with Crippen molar-refractivity contribution in [2.45, 2.75) is 51.3 Å². The normalized spacial score (nSPS) is 21.0. The second-order valence-electron chi connectivity index (χ2n) is 7.21. The van der Waals surface area contributed by atoms with E-state index in [1.54, 1.807) is 18.5 Å². The number of aromatic nitrogens is 2. The van der Waals surface area contributed by atoms with Crippen molar-refractivity contribution in [2.75, 3.05) is 5.75 Å². The fourth-order valence-electron chi connectivity index (χ4n) is 3.62. The standard InChI is InChI=1S/C21H24N2O3S/c1-12-8-13(2)18(14(3)9-12)19-16(24)10-17(26-20(19)25)15(4)11-27-21-22-6-5-7-23-21/h5-9,15,17,19H,10-11H2,1-4H3. The molecular formula is C21H24N2O3S. The van der Waals surface area contributed by atoms with Crippen LogP contribution in [0.1, 0.15) is 41.5 Å². The second-order valence-corrected chi connectivity index (χ2v) is 8.20. The number of Topliss-reactive ketones (excluding diaryl/α,β-unsaturated/α-hetero) is 1. The average molecular weight is 385 g/mol. The third kappa shape index (κ3) is 4.38. The minimum absolute atomic E-state index is 0.0351. The van der Waals surface area contributed by atoms with E-state index in [1.807, 2.05) is 39.8 Å². The van der Waals surface area contributed by atoms with Gasteiger partial charge in [-0.2, -0.15) is 0 Å². The molecule has 1 fully saturated rings. The van der Waals surface area contributed by atoms with Crippen LogP contribution in [0.4, 0.5) is 0 Å². The summed E-state index contributed by atoms with van der Waals surface area (Å²) in [5, 5.41) is 0.682. The predicted octanol–water partition coefficient (Wildman–Crippen LogP) is 3.80. The first-order valence-corrected chi connectivity index (χ1v) is 10.1. The summed E-state index contributed by atoms with van der Waals surface area (Å²) >= 11 is 1.50. The number of benzene rings is 1. The monoisotopic (exact) mass is 384 g/mol. The van der Waals surface area contributed by atoms with Crippen molar-refractivity contribution in [1.82, 2.24) is 9.97 Å². The Morgan fingerprint density at radius 2 is 1.78 bits per heavy atom. The summed E-state index contributed by atoms with van der Waals surface area (Å²) in [5.41, 5.74) is 3.85. The van der Waals surface area contributed by atoms with Gasteiger partial charge in [-0.25, -0.2) is 9.97 Å². The number of aryl methyl sites for hydroxylation is 3. The van der Waals surface area contributed by atoms with Gasteiger partial charge in [-0.05, 0) is 43.5 Å². The molecule has 6 heteroatoms. The largest absolute Gasteiger partial charge is 0.461 e. The Morgan fingerprint density at radius 3 is 2.37 bits per heavy atom. The lowest BCUT2D eigenvalue weighted by molar-refractivity contribution is -0.162. The summed E-state index contributed by atoms with van der Waals surface area (Å²) in [6, 6.07) is 5.78. The van der Waals surface area contributed by atoms with Crippen LogP contribution in [-0.4, -0.2) is 33.6 Å². The molecule has 3 atom stereocenters. The van der Waals surface area contributed by atoms with Crippen LogP contribution in [0.2, 0.25) is 0 Å². The molecule has 3 unspecified atom stereocenters. The highest BCUT2D eigenvalue weighted by molar-refractivity contribution is 7.99. The average Bonchev–Trinajstić information content (AvgIpc) is 2.61. The first-order chi connectivity index (χ1) is 12.9. The number of ketones is 1. The SMILES string of the molecule is Cc1cc(C)c(C2C(=O)CC(C(C)CSc3ncccn3)OC2=O)c(C)c1. The molecule has 0 N–H and O–H groups in total. The number of nitrogens with zero attached hydrogens (tertiary/aromatic N) is 2. The van der Waals surface area contributed by atoms with Crippen LogP contribution in [0.5, 0.6) is 0 Å². The number of cyclic esters (lactones) is 1. The Balaban J connectivity index is 1.70. The summed E-state index contributed by atoms with van der Waals surface area (Å²) in [6.45, 7) is 7.89. The zero-order valence-corrected chi connectivity index (χ0v) is 16.9. The smallest absolute Gasteiger partial charge is 0.321 e. The Labute approximate surface area is 163 Å². The quantitative estimate of drug-likeness (QED) is 0.338. The summed E-state index contributed by atoms with van der Waals surface area (Å²) < 4.78 is 5.70. The number of carbonyl (C=O) groups excluding carboxylic acids is 2. The molecular weight excluding hydrogens is 360 g/mol. The minimum Gasteiger partial charge on any atom is -0.461 e. The molecule has 0 aliphatic carbocycles. The van der Waals surface area contributed by atoms with Crippen LogP contribution in [0.3, 0.4) is 0 Å². The van der Waals surface area contributed by atoms with Gasteiger partial charge in [0, 0.05) is 30.5 Å². The predicted molar refractivity (Wildman–Crippen MR) is 105 cm³/mol. The van der Waals surface area contributed by atoms with Crippen molar-refractivity contribution in [3.05, 3.63) is 52.8 Å². The highest BCUT2D eigenvalue weighted by Gasteiger charge is 2.41. The number of thioether (sulfide) groups is 1. The van der Waals surface area contributed by atoms with Gasteiger partial charge >= 0.3 is 5.97 Å². The summed E-state index contributed by atoms with van der Waals surface area (Å²) in [5.74, 6) is -0.576. The Hall–Kier alpha value is -2.21. The molecule has 3 rings (SSSR count). The Kier molecular flexibility index (Phi) is 5.95. The summed E-state index contributed by atoms with van der Waals surface area (Å²) in [4.78, 5) is 33.9. The van der Waals surface area contributed by atoms with E-state index in [2.05, 4.69) is 9.97 Å². The minimum atomic E-state index is -0.806. The van der Waals surface area contributed by atoms with Crippen LogP contribution < -0.4 is 0 Å². The fraction of sp³-hybridized carbons (Fsp3) is 0.429. The number of carbonyl (C=O) groups is 2. The molecule has 5 nitrogen and oxygen atoms in total. The highest BCUT2D eigenvalue weighted by atomic mass is 32.2. The lowest BCUT2D eigenvalue weighted by Crippen LogP contribution is -2.41. The molecule has 1 saturated heterocycles. The van der Waals surface area contributed by atoms with E-state index >= 15 is 0 Å². The van der Waals surface area contributed by atoms with E-state index in [9.17, 15) is 9.59 Å². The van der Waals surface area contributed by atoms with Gasteiger partial charge < -0.3 is 4.74 Å². The Bertz CT molecular complexity index is 813. The zero-order valence-electron chi connectivity index (χ0n) is 16.1. The Morgan fingerprint density at radius 1 is 1.15 bits per heavy atom. The molecule has 0 saturated carbocycles. The number of esters is 1. The van der Waals surface area contributed by atoms with Crippen LogP contribution in [0.15, 0.2) is 35.7 Å². The van der Waals surface area contributed by atoms with E-state index in [0.29, 0.717) is 10.9 Å². The van der Waals surface area contributed by atoms with Gasteiger partial charge in [-0.3, -0.25) is 9.59 Å². The number of hydrogen-bond donors (Lipinski definition) is 0. The van der Waals surface area contributed by atoms with E-state index in [4.69, 9.17) is 4.74 Å². The number of ether oxygens (including phenoxy) is 1. The molecule has 1 aromatic carbocycles. The molecule has 1 aromatic heterocycles. The molecule has 27 heavy (non-hydrogen) atoms. The van der Waals surface area contributed by atoms with Crippen LogP contribution >= 0.6 is 11.8 Å². The molecule has 142 valence electrons. The van der Waals surface area contributed by atoms with Crippen molar-refractivity contribution < 1.29 is 14.3 Å². The van der Waals surface area contributed by atoms with Gasteiger partial charge in [-0.1, -0.05) is 36.4 Å². The van der Waals surface area contributed by atoms with Crippen molar-refractivity contribution in [1.29, 1.82) is 0 Å². The molecule has 0 bridgehead atoms. The topological polar surface area (TPSA) is 69.2 Å². The maximum atomic E-state index is 12.9. The molecule has 0 amide bonds. The van der Waals surface area contributed by atoms with Gasteiger partial charge in [0.2, 0.25) is 0 Å². The molecule has 1 aliphatic heterocycles. The van der Waals surface area contributed by atoms with E-state index in [1.165, 1.54) is 11.8 Å². The van der Waals surface area contributed by atoms with Gasteiger partial charge in [0.05, 0.1) is 0 Å². The molecule has 0 spiro atoms. The van der Waals surface area contributed by atoms with Crippen LogP contribution in [-0.2, 0) is 14.3 Å². The van der Waals surface area contributed by atoms with Crippen molar-refractivity contribution >= 4 is 23.5 Å². The van der Waals surface area contributed by atoms with Crippen molar-refractivity contribution in [3.8, 4) is 0 Å². The first-order valence-electron chi connectivity index (χ1n) is 9.07. The lowest BCUT2D eigenvalue weighted by atomic mass is 9.82. The van der Waals surface area contributed by atoms with Crippen LogP contribution in [0.25, 0.3) is 0 Å². The van der Waals surface area contributed by atoms with E-state index < -0.39 is 18.0 Å². The zero-order chi connectivity index (χ0) is 19.6. The maximum absolute atomic E-state index is 12.9. The van der Waals surface area contributed by atoms with Gasteiger partial charge in [0.1, 0.15) is 12.0 Å². The van der Waals surface area contributed by atoms with Crippen LogP contribution in [0, 0.1) is 26.7 Å². The summed E-state index contributed by atoms with van der Waals surface area (Å²) in [6.07, 6.45) is 3.24. The first kappa shape index (κ1) is 19.5. The molecule has 0 radical (unpaired) electrons. The fourth-order valence-corrected chi connectivity index (χ4v) is 4.52. The lowest BCUT2D eigenvalue weighted by Gasteiger charge is -2.32. The maximum Gasteiger partial charge on any atom is 0.321 e. The van der Waals surface area contributed by atoms with Gasteiger partial charge in [0.25, 0.3) is 0 Å². The van der Waals surface area contributed by atoms with Gasteiger partial charge in [0.15, 0.2) is 10.9 Å². The summed E-state index contributed by atoms with van der Waals surface area (Å²) in [7, 11) is 0. The highest BCUT2D eigenvalue weighted by Crippen LogP contribution is 2.34. The third-order valence-corrected chi connectivity index (χ3v) is 6.07. The molecule has 2 aromatic rings. The van der Waals surface area contributed by atoms with Crippen molar-refractivity contribution in [3.63, 3.8) is 0 Å². The van der Waals surface area contributed by atoms with E-state index in [-0.39, 0.29) is 18.1 Å². The second kappa shape index (κ2) is 8.21. The number of rotatable bonds is 5.